The Morgan fingerprint density at radius 1 is 1.29 bits per heavy atom. The van der Waals surface area contributed by atoms with Gasteiger partial charge >= 0.3 is 0 Å². The van der Waals surface area contributed by atoms with Crippen molar-refractivity contribution >= 4 is 5.91 Å². The van der Waals surface area contributed by atoms with Crippen LogP contribution in [0.2, 0.25) is 0 Å². The first-order valence-electron chi connectivity index (χ1n) is 5.45. The van der Waals surface area contributed by atoms with Crippen molar-refractivity contribution in [3.8, 4) is 0 Å². The Morgan fingerprint density at radius 2 is 2.00 bits per heavy atom. The molecule has 4 nitrogen and oxygen atoms in total. The van der Waals surface area contributed by atoms with E-state index in [-0.39, 0.29) is 5.91 Å². The van der Waals surface area contributed by atoms with Gasteiger partial charge in [-0.05, 0) is 23.8 Å². The zero-order valence-corrected chi connectivity index (χ0v) is 10.00. The van der Waals surface area contributed by atoms with Crippen LogP contribution < -0.4 is 0 Å². The van der Waals surface area contributed by atoms with Crippen LogP contribution in [0.4, 0.5) is 0 Å². The molecule has 0 radical (unpaired) electrons. The monoisotopic (exact) mass is 229 g/mol. The maximum atomic E-state index is 11.7. The van der Waals surface area contributed by atoms with Gasteiger partial charge in [0, 0.05) is 32.1 Å². The van der Waals surface area contributed by atoms with Gasteiger partial charge in [0.2, 0.25) is 0 Å². The number of nitrogens with zero attached hydrogens (tertiary/aromatic N) is 3. The Hall–Kier alpha value is -2.10. The van der Waals surface area contributed by atoms with E-state index in [0.29, 0.717) is 5.56 Å². The van der Waals surface area contributed by atoms with Gasteiger partial charge in [0.15, 0.2) is 0 Å². The quantitative estimate of drug-likeness (QED) is 0.802. The lowest BCUT2D eigenvalue weighted by Gasteiger charge is -2.10. The lowest BCUT2D eigenvalue weighted by atomic mass is 10.1. The minimum absolute atomic E-state index is 0.0237. The summed E-state index contributed by atoms with van der Waals surface area (Å²) in [6, 6.07) is 9.50. The molecular formula is C13H15N3O. The Morgan fingerprint density at radius 3 is 2.53 bits per heavy atom. The highest BCUT2D eigenvalue weighted by Crippen LogP contribution is 2.07. The van der Waals surface area contributed by atoms with Crippen LogP contribution in [-0.4, -0.2) is 34.7 Å². The Kier molecular flexibility index (Phi) is 3.23. The molecule has 1 aromatic carbocycles. The van der Waals surface area contributed by atoms with Crippen molar-refractivity contribution in [3.05, 3.63) is 53.9 Å². The minimum Gasteiger partial charge on any atom is -0.345 e. The molecule has 0 aliphatic carbocycles. The van der Waals surface area contributed by atoms with E-state index in [1.54, 1.807) is 25.2 Å². The Bertz CT molecular complexity index is 486. The molecule has 0 aliphatic rings. The first-order chi connectivity index (χ1) is 8.16. The molecule has 2 aromatic rings. The van der Waals surface area contributed by atoms with Gasteiger partial charge in [-0.25, -0.2) is 0 Å². The van der Waals surface area contributed by atoms with Crippen LogP contribution in [0.1, 0.15) is 15.9 Å². The molecule has 0 aliphatic heterocycles. The lowest BCUT2D eigenvalue weighted by molar-refractivity contribution is 0.0827. The van der Waals surface area contributed by atoms with E-state index in [0.717, 1.165) is 12.1 Å². The third-order valence-corrected chi connectivity index (χ3v) is 2.51. The van der Waals surface area contributed by atoms with Crippen LogP contribution in [0, 0.1) is 0 Å². The maximum Gasteiger partial charge on any atom is 0.253 e. The molecule has 88 valence electrons. The van der Waals surface area contributed by atoms with Crippen LogP contribution in [0.25, 0.3) is 0 Å². The fourth-order valence-electron chi connectivity index (χ4n) is 1.59. The predicted octanol–water partition coefficient (Wildman–Crippen LogP) is 1.63. The molecule has 1 amide bonds. The van der Waals surface area contributed by atoms with Crippen molar-refractivity contribution in [2.24, 2.45) is 0 Å². The van der Waals surface area contributed by atoms with E-state index in [1.807, 2.05) is 41.2 Å². The van der Waals surface area contributed by atoms with Gasteiger partial charge in [-0.1, -0.05) is 12.1 Å². The molecule has 0 bridgehead atoms. The number of benzene rings is 1. The van der Waals surface area contributed by atoms with Crippen molar-refractivity contribution < 1.29 is 4.79 Å². The van der Waals surface area contributed by atoms with Crippen LogP contribution in [0.3, 0.4) is 0 Å². The molecule has 17 heavy (non-hydrogen) atoms. The van der Waals surface area contributed by atoms with Gasteiger partial charge in [-0.3, -0.25) is 9.48 Å². The number of carbonyl (C=O) groups excluding carboxylic acids is 1. The molecule has 4 heteroatoms. The number of hydrogen-bond acceptors (Lipinski definition) is 2. The predicted molar refractivity (Wildman–Crippen MR) is 65.8 cm³/mol. The van der Waals surface area contributed by atoms with Crippen LogP contribution >= 0.6 is 0 Å². The largest absolute Gasteiger partial charge is 0.345 e. The van der Waals surface area contributed by atoms with Gasteiger partial charge in [0.1, 0.15) is 0 Å². The van der Waals surface area contributed by atoms with E-state index in [4.69, 9.17) is 0 Å². The third kappa shape index (κ3) is 2.72. The Labute approximate surface area is 100 Å². The summed E-state index contributed by atoms with van der Waals surface area (Å²) in [5, 5.41) is 4.14. The molecule has 2 rings (SSSR count). The first-order valence-corrected chi connectivity index (χ1v) is 5.45. The van der Waals surface area contributed by atoms with Crippen LogP contribution in [-0.2, 0) is 6.54 Å². The Balaban J connectivity index is 2.10. The zero-order chi connectivity index (χ0) is 12.3. The molecule has 0 spiro atoms. The lowest BCUT2D eigenvalue weighted by Crippen LogP contribution is -2.21. The second kappa shape index (κ2) is 4.82. The van der Waals surface area contributed by atoms with Gasteiger partial charge in [-0.15, -0.1) is 0 Å². The first kappa shape index (κ1) is 11.4. The molecule has 1 aromatic heterocycles. The average Bonchev–Trinajstić information content (AvgIpc) is 2.82. The summed E-state index contributed by atoms with van der Waals surface area (Å²) in [6.07, 6.45) is 3.67. The summed E-state index contributed by atoms with van der Waals surface area (Å²) in [5.74, 6) is 0.0237. The SMILES string of the molecule is CN(C)C(=O)c1ccc(Cn2cccn2)cc1. The van der Waals surface area contributed by atoms with Crippen molar-refractivity contribution in [1.29, 1.82) is 0 Å². The summed E-state index contributed by atoms with van der Waals surface area (Å²) >= 11 is 0. The van der Waals surface area contributed by atoms with Gasteiger partial charge in [-0.2, -0.15) is 5.10 Å². The van der Waals surface area contributed by atoms with Gasteiger partial charge in [0.05, 0.1) is 6.54 Å². The molecule has 0 atom stereocenters. The summed E-state index contributed by atoms with van der Waals surface area (Å²) in [4.78, 5) is 13.3. The number of carbonyl (C=O) groups is 1. The average molecular weight is 229 g/mol. The highest BCUT2D eigenvalue weighted by molar-refractivity contribution is 5.93. The smallest absolute Gasteiger partial charge is 0.253 e. The number of amides is 1. The molecule has 1 heterocycles. The van der Waals surface area contributed by atoms with Gasteiger partial charge < -0.3 is 4.90 Å². The van der Waals surface area contributed by atoms with Crippen LogP contribution in [0.5, 0.6) is 0 Å². The highest BCUT2D eigenvalue weighted by Gasteiger charge is 2.06. The molecule has 0 fully saturated rings. The molecule has 0 saturated carbocycles. The zero-order valence-electron chi connectivity index (χ0n) is 10.00. The van der Waals surface area contributed by atoms with Crippen molar-refractivity contribution in [2.45, 2.75) is 6.54 Å². The van der Waals surface area contributed by atoms with E-state index in [9.17, 15) is 4.79 Å². The van der Waals surface area contributed by atoms with E-state index in [1.165, 1.54) is 0 Å². The standard InChI is InChI=1S/C13H15N3O/c1-15(2)13(17)12-6-4-11(5-7-12)10-16-9-3-8-14-16/h3-9H,10H2,1-2H3. The summed E-state index contributed by atoms with van der Waals surface area (Å²) in [6.45, 7) is 0.726. The molecular weight excluding hydrogens is 214 g/mol. The topological polar surface area (TPSA) is 38.1 Å². The molecule has 0 N–H and O–H groups in total. The van der Waals surface area contributed by atoms with Crippen molar-refractivity contribution in [3.63, 3.8) is 0 Å². The highest BCUT2D eigenvalue weighted by atomic mass is 16.2. The van der Waals surface area contributed by atoms with E-state index < -0.39 is 0 Å². The molecule has 0 saturated heterocycles. The normalized spacial score (nSPS) is 10.2. The third-order valence-electron chi connectivity index (χ3n) is 2.51. The van der Waals surface area contributed by atoms with E-state index in [2.05, 4.69) is 5.10 Å². The second-order valence-corrected chi connectivity index (χ2v) is 4.10. The number of rotatable bonds is 3. The fraction of sp³-hybridized carbons (Fsp3) is 0.231. The summed E-state index contributed by atoms with van der Waals surface area (Å²) in [5.41, 5.74) is 1.84. The van der Waals surface area contributed by atoms with Crippen molar-refractivity contribution in [1.82, 2.24) is 14.7 Å². The molecule has 0 unspecified atom stereocenters. The fourth-order valence-corrected chi connectivity index (χ4v) is 1.59. The number of hydrogen-bond donors (Lipinski definition) is 0. The summed E-state index contributed by atoms with van der Waals surface area (Å²) in [7, 11) is 3.50. The van der Waals surface area contributed by atoms with Crippen molar-refractivity contribution in [2.75, 3.05) is 14.1 Å². The second-order valence-electron chi connectivity index (χ2n) is 4.10. The summed E-state index contributed by atoms with van der Waals surface area (Å²) < 4.78 is 1.85. The van der Waals surface area contributed by atoms with E-state index >= 15 is 0 Å². The number of aromatic nitrogens is 2. The minimum atomic E-state index is 0.0237. The maximum absolute atomic E-state index is 11.7. The van der Waals surface area contributed by atoms with Crippen LogP contribution in [0.15, 0.2) is 42.7 Å². The van der Waals surface area contributed by atoms with Gasteiger partial charge in [0.25, 0.3) is 5.91 Å².